The third kappa shape index (κ3) is 4.42. The average Bonchev–Trinajstić information content (AvgIpc) is 2.58. The van der Waals surface area contributed by atoms with Crippen LogP contribution in [-0.4, -0.2) is 32.5 Å². The fourth-order valence-corrected chi connectivity index (χ4v) is 4.40. The minimum Gasteiger partial charge on any atom is -0.314 e. The van der Waals surface area contributed by atoms with Gasteiger partial charge in [-0.1, -0.05) is 33.1 Å². The molecule has 1 rings (SSSR count). The number of hydrogen-bond acceptors (Lipinski definition) is 3. The molecule has 0 radical (unpaired) electrons. The van der Waals surface area contributed by atoms with Crippen molar-refractivity contribution in [2.45, 2.75) is 52.0 Å². The Bertz CT molecular complexity index is 287. The summed E-state index contributed by atoms with van der Waals surface area (Å²) in [7, 11) is -2.73. The van der Waals surface area contributed by atoms with E-state index in [1.54, 1.807) is 0 Å². The first-order chi connectivity index (χ1) is 7.59. The lowest BCUT2D eigenvalue weighted by Crippen LogP contribution is -2.36. The Morgan fingerprint density at radius 3 is 2.56 bits per heavy atom. The lowest BCUT2D eigenvalue weighted by Gasteiger charge is -2.23. The quantitative estimate of drug-likeness (QED) is 0.700. The van der Waals surface area contributed by atoms with E-state index in [4.69, 9.17) is 0 Å². The first kappa shape index (κ1) is 14.0. The molecule has 0 amide bonds. The fraction of sp³-hybridized carbons (Fsp3) is 1.00. The van der Waals surface area contributed by atoms with Crippen molar-refractivity contribution in [3.05, 3.63) is 0 Å². The minimum atomic E-state index is -2.73. The molecule has 0 saturated carbocycles. The van der Waals surface area contributed by atoms with Crippen LogP contribution < -0.4 is 5.32 Å². The number of hydrogen-bond donors (Lipinski definition) is 1. The lowest BCUT2D eigenvalue weighted by atomic mass is 9.94. The molecule has 1 heterocycles. The van der Waals surface area contributed by atoms with Crippen molar-refractivity contribution in [2.24, 2.45) is 5.92 Å². The molecule has 0 aliphatic carbocycles. The van der Waals surface area contributed by atoms with Crippen molar-refractivity contribution in [2.75, 3.05) is 18.1 Å². The van der Waals surface area contributed by atoms with Crippen LogP contribution in [0.15, 0.2) is 0 Å². The second-order valence-electron chi connectivity index (χ2n) is 4.82. The highest BCUT2D eigenvalue weighted by atomic mass is 32.2. The molecule has 1 aliphatic rings. The maximum absolute atomic E-state index is 11.5. The molecule has 1 fully saturated rings. The molecule has 0 bridgehead atoms. The number of unbranched alkanes of at least 4 members (excludes halogenated alkanes) is 2. The first-order valence-electron chi connectivity index (χ1n) is 6.53. The molecule has 0 aromatic rings. The van der Waals surface area contributed by atoms with E-state index in [0.717, 1.165) is 19.4 Å². The summed E-state index contributed by atoms with van der Waals surface area (Å²) in [5, 5.41) is 3.46. The Morgan fingerprint density at radius 2 is 2.06 bits per heavy atom. The summed E-state index contributed by atoms with van der Waals surface area (Å²) < 4.78 is 22.9. The topological polar surface area (TPSA) is 46.2 Å². The van der Waals surface area contributed by atoms with Crippen molar-refractivity contribution in [1.29, 1.82) is 0 Å². The van der Waals surface area contributed by atoms with Crippen LogP contribution in [0.2, 0.25) is 0 Å². The normalized spacial score (nSPS) is 25.8. The number of sulfone groups is 1. The van der Waals surface area contributed by atoms with Crippen molar-refractivity contribution >= 4 is 9.84 Å². The Balaban J connectivity index is 2.43. The molecule has 3 nitrogen and oxygen atoms in total. The van der Waals surface area contributed by atoms with Crippen LogP contribution >= 0.6 is 0 Å². The van der Waals surface area contributed by atoms with Gasteiger partial charge < -0.3 is 5.32 Å². The van der Waals surface area contributed by atoms with Gasteiger partial charge in [0.05, 0.1) is 11.5 Å². The molecule has 0 aromatic carbocycles. The van der Waals surface area contributed by atoms with Crippen molar-refractivity contribution in [1.82, 2.24) is 5.32 Å². The van der Waals surface area contributed by atoms with E-state index in [0.29, 0.717) is 23.5 Å². The van der Waals surface area contributed by atoms with Crippen LogP contribution in [0.25, 0.3) is 0 Å². The van der Waals surface area contributed by atoms with Crippen LogP contribution in [0.3, 0.4) is 0 Å². The average molecular weight is 247 g/mol. The highest BCUT2D eigenvalue weighted by Gasteiger charge is 2.32. The minimum absolute atomic E-state index is 0.349. The van der Waals surface area contributed by atoms with Gasteiger partial charge in [-0.25, -0.2) is 8.42 Å². The molecule has 1 aliphatic heterocycles. The molecule has 1 saturated heterocycles. The predicted octanol–water partition coefficient (Wildman–Crippen LogP) is 1.98. The summed E-state index contributed by atoms with van der Waals surface area (Å²) in [6.07, 6.45) is 5.67. The zero-order chi connectivity index (χ0) is 12.0. The van der Waals surface area contributed by atoms with E-state index in [1.807, 2.05) is 0 Å². The van der Waals surface area contributed by atoms with Gasteiger partial charge in [-0.3, -0.25) is 0 Å². The monoisotopic (exact) mass is 247 g/mol. The molecule has 2 atom stereocenters. The van der Waals surface area contributed by atoms with Gasteiger partial charge in [-0.15, -0.1) is 0 Å². The summed E-state index contributed by atoms with van der Waals surface area (Å²) in [5.41, 5.74) is 0. The van der Waals surface area contributed by atoms with E-state index in [2.05, 4.69) is 19.2 Å². The van der Waals surface area contributed by atoms with E-state index in [9.17, 15) is 8.42 Å². The van der Waals surface area contributed by atoms with E-state index in [-0.39, 0.29) is 0 Å². The summed E-state index contributed by atoms with van der Waals surface area (Å²) >= 11 is 0. The standard InChI is InChI=1S/C12H25NO2S/c1-3-5-6-7-12(13-4-2)11-8-9-16(14,15)10-11/h11-13H,3-10H2,1-2H3. The van der Waals surface area contributed by atoms with Crippen LogP contribution in [0.1, 0.15) is 46.0 Å². The lowest BCUT2D eigenvalue weighted by molar-refractivity contribution is 0.357. The summed E-state index contributed by atoms with van der Waals surface area (Å²) in [5.74, 6) is 1.14. The summed E-state index contributed by atoms with van der Waals surface area (Å²) in [6.45, 7) is 5.23. The fourth-order valence-electron chi connectivity index (χ4n) is 2.52. The van der Waals surface area contributed by atoms with E-state index >= 15 is 0 Å². The van der Waals surface area contributed by atoms with Gasteiger partial charge in [0.1, 0.15) is 0 Å². The first-order valence-corrected chi connectivity index (χ1v) is 8.35. The van der Waals surface area contributed by atoms with Crippen LogP contribution in [0, 0.1) is 5.92 Å². The third-order valence-electron chi connectivity index (χ3n) is 3.42. The largest absolute Gasteiger partial charge is 0.314 e. The Kier molecular flexibility index (Phi) is 5.76. The smallest absolute Gasteiger partial charge is 0.150 e. The summed E-state index contributed by atoms with van der Waals surface area (Å²) in [4.78, 5) is 0. The highest BCUT2D eigenvalue weighted by molar-refractivity contribution is 7.91. The summed E-state index contributed by atoms with van der Waals surface area (Å²) in [6, 6.07) is 0.411. The van der Waals surface area contributed by atoms with Gasteiger partial charge in [-0.05, 0) is 25.3 Å². The van der Waals surface area contributed by atoms with Crippen LogP contribution in [0.5, 0.6) is 0 Å². The van der Waals surface area contributed by atoms with Gasteiger partial charge in [0.2, 0.25) is 0 Å². The van der Waals surface area contributed by atoms with Gasteiger partial charge >= 0.3 is 0 Å². The van der Waals surface area contributed by atoms with E-state index in [1.165, 1.54) is 19.3 Å². The van der Waals surface area contributed by atoms with Gasteiger partial charge in [0, 0.05) is 6.04 Å². The Labute approximate surface area is 99.9 Å². The second-order valence-corrected chi connectivity index (χ2v) is 7.05. The number of nitrogens with one attached hydrogen (secondary N) is 1. The van der Waals surface area contributed by atoms with Gasteiger partial charge in [0.25, 0.3) is 0 Å². The maximum Gasteiger partial charge on any atom is 0.150 e. The molecule has 2 unspecified atom stereocenters. The van der Waals surface area contributed by atoms with Gasteiger partial charge in [0.15, 0.2) is 9.84 Å². The SMILES string of the molecule is CCCCCC(NCC)C1CCS(=O)(=O)C1. The third-order valence-corrected chi connectivity index (χ3v) is 5.22. The predicted molar refractivity (Wildman–Crippen MR) is 68.4 cm³/mol. The van der Waals surface area contributed by atoms with Crippen molar-refractivity contribution in [3.8, 4) is 0 Å². The van der Waals surface area contributed by atoms with Crippen LogP contribution in [0.4, 0.5) is 0 Å². The molecule has 4 heteroatoms. The molecule has 96 valence electrons. The molecular formula is C12H25NO2S. The zero-order valence-corrected chi connectivity index (χ0v) is 11.4. The number of rotatable bonds is 7. The molecule has 1 N–H and O–H groups in total. The Morgan fingerprint density at radius 1 is 1.31 bits per heavy atom. The molecule has 16 heavy (non-hydrogen) atoms. The molecule has 0 spiro atoms. The maximum atomic E-state index is 11.5. The van der Waals surface area contributed by atoms with Crippen LogP contribution in [-0.2, 0) is 9.84 Å². The Hall–Kier alpha value is -0.0900. The second kappa shape index (κ2) is 6.60. The molecular weight excluding hydrogens is 222 g/mol. The van der Waals surface area contributed by atoms with E-state index < -0.39 is 9.84 Å². The van der Waals surface area contributed by atoms with Crippen molar-refractivity contribution < 1.29 is 8.42 Å². The zero-order valence-electron chi connectivity index (χ0n) is 10.5. The van der Waals surface area contributed by atoms with Gasteiger partial charge in [-0.2, -0.15) is 0 Å². The molecule has 0 aromatic heterocycles. The highest BCUT2D eigenvalue weighted by Crippen LogP contribution is 2.24. The van der Waals surface area contributed by atoms with Crippen molar-refractivity contribution in [3.63, 3.8) is 0 Å².